The molecule has 0 spiro atoms. The van der Waals surface area contributed by atoms with Crippen LogP contribution in [0.15, 0.2) is 76.1 Å². The molecule has 42 heavy (non-hydrogen) atoms. The van der Waals surface area contributed by atoms with Crippen molar-refractivity contribution in [2.24, 2.45) is 5.92 Å². The van der Waals surface area contributed by atoms with Crippen molar-refractivity contribution in [2.45, 2.75) is 62.8 Å². The van der Waals surface area contributed by atoms with E-state index >= 15 is 0 Å². The average molecular weight is 661 g/mol. The molecule has 1 aliphatic rings. The van der Waals surface area contributed by atoms with E-state index in [0.717, 1.165) is 10.4 Å². The van der Waals surface area contributed by atoms with Crippen LogP contribution in [-0.2, 0) is 9.47 Å². The molecule has 0 saturated carbocycles. The van der Waals surface area contributed by atoms with E-state index < -0.39 is 37.5 Å². The van der Waals surface area contributed by atoms with Crippen LogP contribution in [0.1, 0.15) is 57.4 Å². The second-order valence-corrected chi connectivity index (χ2v) is 16.4. The third-order valence-electron chi connectivity index (χ3n) is 8.73. The fourth-order valence-corrected chi connectivity index (χ4v) is 10.7. The van der Waals surface area contributed by atoms with E-state index in [1.165, 1.54) is 14.2 Å². The molecule has 1 aliphatic heterocycles. The average Bonchev–Trinajstić information content (AvgIpc) is 3.00. The van der Waals surface area contributed by atoms with Crippen molar-refractivity contribution in [1.82, 2.24) is 4.57 Å². The van der Waals surface area contributed by atoms with E-state index in [0.29, 0.717) is 35.8 Å². The van der Waals surface area contributed by atoms with Crippen molar-refractivity contribution in [1.29, 1.82) is 0 Å². The Kier molecular flexibility index (Phi) is 10.9. The Morgan fingerprint density at radius 2 is 1.60 bits per heavy atom. The van der Waals surface area contributed by atoms with Gasteiger partial charge in [-0.2, -0.15) is 0 Å². The molecule has 4 unspecified atom stereocenters. The van der Waals surface area contributed by atoms with Gasteiger partial charge in [-0.1, -0.05) is 80.9 Å². The van der Waals surface area contributed by atoms with Gasteiger partial charge >= 0.3 is 0 Å². The van der Waals surface area contributed by atoms with Crippen LogP contribution in [0, 0.1) is 5.92 Å². The van der Waals surface area contributed by atoms with E-state index in [2.05, 4.69) is 29.8 Å². The minimum atomic E-state index is -3.20. The van der Waals surface area contributed by atoms with Gasteiger partial charge in [0.15, 0.2) is 5.75 Å². The Morgan fingerprint density at radius 3 is 2.12 bits per heavy atom. The van der Waals surface area contributed by atoms with Crippen molar-refractivity contribution in [2.75, 3.05) is 27.6 Å². The van der Waals surface area contributed by atoms with Crippen molar-refractivity contribution in [3.05, 3.63) is 87.3 Å². The molecule has 10 heteroatoms. The standard InChI is InChI=1S/C32H42BrNO7Si/c1-32(2,42(38,22-12-7-5-8-13-22)23-14-9-6-10-15-23)18-11-16-24-28(36)26(17-19-35)34-20-25(33)29(37)31(40-4)27(34)30(24)41-21-39-3/h5-10,12-15,20,24,26,28,30,35-36,38H,11,16-19,21H2,1-4H3. The summed E-state index contributed by atoms with van der Waals surface area (Å²) in [5, 5.41) is 23.1. The van der Waals surface area contributed by atoms with E-state index in [9.17, 15) is 19.8 Å². The summed E-state index contributed by atoms with van der Waals surface area (Å²) in [6.07, 6.45) is 2.31. The molecule has 0 saturated heterocycles. The molecule has 0 bridgehead atoms. The van der Waals surface area contributed by atoms with Crippen molar-refractivity contribution >= 4 is 34.6 Å². The number of methoxy groups -OCH3 is 2. The molecule has 3 N–H and O–H groups in total. The number of benzene rings is 2. The van der Waals surface area contributed by atoms with Gasteiger partial charge in [0.2, 0.25) is 5.43 Å². The lowest BCUT2D eigenvalue weighted by Gasteiger charge is -2.44. The molecule has 2 heterocycles. The third-order valence-corrected chi connectivity index (χ3v) is 13.8. The minimum absolute atomic E-state index is 0.0356. The first-order valence-corrected chi connectivity index (χ1v) is 17.1. The zero-order chi connectivity index (χ0) is 30.5. The van der Waals surface area contributed by atoms with Gasteiger partial charge in [0, 0.05) is 25.8 Å². The number of pyridine rings is 1. The van der Waals surface area contributed by atoms with Gasteiger partial charge in [0.05, 0.1) is 29.4 Å². The van der Waals surface area contributed by atoms with Crippen molar-refractivity contribution < 1.29 is 29.2 Å². The molecule has 1 aromatic heterocycles. The summed E-state index contributed by atoms with van der Waals surface area (Å²) >= 11 is 3.33. The summed E-state index contributed by atoms with van der Waals surface area (Å²) in [4.78, 5) is 25.6. The molecular formula is C32H42BrNO7Si. The molecule has 3 aromatic rings. The second kappa shape index (κ2) is 14.0. The summed E-state index contributed by atoms with van der Waals surface area (Å²) in [6.45, 7) is 4.08. The molecule has 4 rings (SSSR count). The highest BCUT2D eigenvalue weighted by Crippen LogP contribution is 2.47. The molecule has 0 aliphatic carbocycles. The third kappa shape index (κ3) is 6.17. The minimum Gasteiger partial charge on any atom is -0.491 e. The lowest BCUT2D eigenvalue weighted by atomic mass is 9.79. The van der Waals surface area contributed by atoms with Gasteiger partial charge in [-0.3, -0.25) is 4.79 Å². The maximum atomic E-state index is 13.1. The van der Waals surface area contributed by atoms with Gasteiger partial charge in [0.1, 0.15) is 12.9 Å². The highest BCUT2D eigenvalue weighted by atomic mass is 79.9. The molecule has 228 valence electrons. The van der Waals surface area contributed by atoms with Crippen LogP contribution in [0.4, 0.5) is 0 Å². The Bertz CT molecular complexity index is 1330. The Labute approximate surface area is 257 Å². The van der Waals surface area contributed by atoms with Crippen LogP contribution in [0.2, 0.25) is 5.04 Å². The zero-order valence-electron chi connectivity index (χ0n) is 24.7. The summed E-state index contributed by atoms with van der Waals surface area (Å²) in [5.41, 5.74) is 0.214. The Balaban J connectivity index is 1.69. The van der Waals surface area contributed by atoms with Gasteiger partial charge < -0.3 is 33.8 Å². The molecule has 4 atom stereocenters. The number of nitrogens with zero attached hydrogens (tertiary/aromatic N) is 1. The normalized spacial score (nSPS) is 20.8. The first-order chi connectivity index (χ1) is 20.1. The zero-order valence-corrected chi connectivity index (χ0v) is 27.3. The highest BCUT2D eigenvalue weighted by Gasteiger charge is 2.50. The van der Waals surface area contributed by atoms with Crippen LogP contribution < -0.4 is 20.5 Å². The van der Waals surface area contributed by atoms with Crippen LogP contribution in [-0.4, -0.2) is 61.6 Å². The van der Waals surface area contributed by atoms with Crippen LogP contribution in [0.25, 0.3) is 0 Å². The number of aliphatic hydroxyl groups is 2. The van der Waals surface area contributed by atoms with Crippen LogP contribution >= 0.6 is 15.9 Å². The number of rotatable bonds is 13. The van der Waals surface area contributed by atoms with Gasteiger partial charge in [-0.15, -0.1) is 0 Å². The molecule has 0 fully saturated rings. The van der Waals surface area contributed by atoms with E-state index in [1.807, 2.05) is 60.7 Å². The number of aliphatic hydroxyl groups excluding tert-OH is 2. The van der Waals surface area contributed by atoms with Gasteiger partial charge in [-0.25, -0.2) is 0 Å². The topological polar surface area (TPSA) is 110 Å². The monoisotopic (exact) mass is 659 g/mol. The lowest BCUT2D eigenvalue weighted by molar-refractivity contribution is -0.137. The summed E-state index contributed by atoms with van der Waals surface area (Å²) in [7, 11) is -0.233. The molecule has 8 nitrogen and oxygen atoms in total. The van der Waals surface area contributed by atoms with Crippen LogP contribution in [0.5, 0.6) is 5.75 Å². The van der Waals surface area contributed by atoms with E-state index in [1.54, 1.807) is 10.8 Å². The Morgan fingerprint density at radius 1 is 1.00 bits per heavy atom. The lowest BCUT2D eigenvalue weighted by Crippen LogP contribution is -2.65. The fourth-order valence-electron chi connectivity index (χ4n) is 6.55. The Hall–Kier alpha value is -2.31. The predicted molar refractivity (Wildman–Crippen MR) is 169 cm³/mol. The number of aromatic nitrogens is 1. The first kappa shape index (κ1) is 32.6. The second-order valence-electron chi connectivity index (χ2n) is 11.6. The summed E-state index contributed by atoms with van der Waals surface area (Å²) in [5.74, 6) is -0.272. The van der Waals surface area contributed by atoms with Gasteiger partial charge in [-0.05, 0) is 50.6 Å². The predicted octanol–water partition coefficient (Wildman–Crippen LogP) is 3.90. The number of fused-ring (bicyclic) bond motifs is 1. The first-order valence-electron chi connectivity index (χ1n) is 14.3. The van der Waals surface area contributed by atoms with Crippen molar-refractivity contribution in [3.63, 3.8) is 0 Å². The molecule has 0 radical (unpaired) electrons. The number of hydrogen-bond donors (Lipinski definition) is 3. The molecule has 0 amide bonds. The smallest absolute Gasteiger partial charge is 0.258 e. The summed E-state index contributed by atoms with van der Waals surface area (Å²) in [6, 6.07) is 19.3. The number of hydrogen-bond acceptors (Lipinski definition) is 7. The fraction of sp³-hybridized carbons (Fsp3) is 0.469. The molecular weight excluding hydrogens is 618 g/mol. The largest absolute Gasteiger partial charge is 0.491 e. The SMILES string of the molecule is COCOC1c2c(OC)c(=O)c(Br)cn2C(CCO)C(O)C1CCCC(C)(C)[Si](O)(c1ccccc1)c1ccccc1. The highest BCUT2D eigenvalue weighted by molar-refractivity contribution is 9.10. The number of halogens is 1. The van der Waals surface area contributed by atoms with E-state index in [4.69, 9.17) is 14.2 Å². The maximum Gasteiger partial charge on any atom is 0.258 e. The summed E-state index contributed by atoms with van der Waals surface area (Å²) < 4.78 is 19.1. The van der Waals surface area contributed by atoms with Crippen LogP contribution in [0.3, 0.4) is 0 Å². The molecule has 2 aromatic carbocycles. The maximum absolute atomic E-state index is 13.1. The van der Waals surface area contributed by atoms with E-state index in [-0.39, 0.29) is 24.6 Å². The number of ether oxygens (including phenoxy) is 3. The quantitative estimate of drug-likeness (QED) is 0.189. The van der Waals surface area contributed by atoms with Gasteiger partial charge in [0.25, 0.3) is 8.32 Å². The van der Waals surface area contributed by atoms with Crippen molar-refractivity contribution in [3.8, 4) is 5.75 Å².